The second kappa shape index (κ2) is 6.19. The van der Waals surface area contributed by atoms with Gasteiger partial charge < -0.3 is 5.73 Å². The SMILES string of the molecule is CCC1CCC(C(N)c2ccc(I)cc2)CC1. The van der Waals surface area contributed by atoms with Crippen LogP contribution in [0.2, 0.25) is 0 Å². The zero-order valence-electron chi connectivity index (χ0n) is 10.5. The van der Waals surface area contributed by atoms with Gasteiger partial charge in [-0.25, -0.2) is 0 Å². The zero-order chi connectivity index (χ0) is 12.3. The monoisotopic (exact) mass is 343 g/mol. The standard InChI is InChI=1S/C15H22IN/c1-2-11-3-5-12(6-4-11)15(17)13-7-9-14(16)10-8-13/h7-12,15H,2-6,17H2,1H3. The summed E-state index contributed by atoms with van der Waals surface area (Å²) in [5.41, 5.74) is 7.71. The minimum Gasteiger partial charge on any atom is -0.324 e. The molecule has 1 aromatic rings. The van der Waals surface area contributed by atoms with Gasteiger partial charge in [-0.2, -0.15) is 0 Å². The average Bonchev–Trinajstić information content (AvgIpc) is 2.39. The summed E-state index contributed by atoms with van der Waals surface area (Å²) in [4.78, 5) is 0. The van der Waals surface area contributed by atoms with Crippen LogP contribution in [0.1, 0.15) is 50.6 Å². The molecule has 0 amide bonds. The molecule has 94 valence electrons. The van der Waals surface area contributed by atoms with Crippen LogP contribution < -0.4 is 5.73 Å². The first kappa shape index (κ1) is 13.3. The van der Waals surface area contributed by atoms with Gasteiger partial charge in [-0.3, -0.25) is 0 Å². The van der Waals surface area contributed by atoms with Crippen molar-refractivity contribution in [1.29, 1.82) is 0 Å². The van der Waals surface area contributed by atoms with Gasteiger partial charge in [-0.15, -0.1) is 0 Å². The van der Waals surface area contributed by atoms with E-state index in [0.717, 1.165) is 5.92 Å². The molecule has 2 heteroatoms. The highest BCUT2D eigenvalue weighted by Crippen LogP contribution is 2.36. The van der Waals surface area contributed by atoms with Crippen LogP contribution in [0.3, 0.4) is 0 Å². The highest BCUT2D eigenvalue weighted by atomic mass is 127. The molecule has 0 radical (unpaired) electrons. The topological polar surface area (TPSA) is 26.0 Å². The minimum absolute atomic E-state index is 0.241. The summed E-state index contributed by atoms with van der Waals surface area (Å²) in [5.74, 6) is 1.65. The number of nitrogens with two attached hydrogens (primary N) is 1. The van der Waals surface area contributed by atoms with Gasteiger partial charge in [0, 0.05) is 9.61 Å². The van der Waals surface area contributed by atoms with Gasteiger partial charge in [-0.1, -0.05) is 38.3 Å². The van der Waals surface area contributed by atoms with E-state index in [9.17, 15) is 0 Å². The fourth-order valence-electron chi connectivity index (χ4n) is 2.91. The van der Waals surface area contributed by atoms with Crippen molar-refractivity contribution in [2.75, 3.05) is 0 Å². The summed E-state index contributed by atoms with van der Waals surface area (Å²) in [7, 11) is 0. The summed E-state index contributed by atoms with van der Waals surface area (Å²) in [5, 5.41) is 0. The molecule has 0 aromatic heterocycles. The quantitative estimate of drug-likeness (QED) is 0.803. The molecule has 1 nitrogen and oxygen atoms in total. The van der Waals surface area contributed by atoms with Gasteiger partial charge in [0.25, 0.3) is 0 Å². The summed E-state index contributed by atoms with van der Waals surface area (Å²) >= 11 is 2.34. The van der Waals surface area contributed by atoms with E-state index < -0.39 is 0 Å². The third kappa shape index (κ3) is 3.44. The van der Waals surface area contributed by atoms with Crippen LogP contribution in [0, 0.1) is 15.4 Å². The van der Waals surface area contributed by atoms with E-state index in [1.807, 2.05) is 0 Å². The van der Waals surface area contributed by atoms with Crippen molar-refractivity contribution in [3.63, 3.8) is 0 Å². The van der Waals surface area contributed by atoms with Crippen LogP contribution >= 0.6 is 22.6 Å². The van der Waals surface area contributed by atoms with Gasteiger partial charge in [0.2, 0.25) is 0 Å². The summed E-state index contributed by atoms with van der Waals surface area (Å²) < 4.78 is 1.29. The van der Waals surface area contributed by atoms with Crippen LogP contribution in [0.15, 0.2) is 24.3 Å². The third-order valence-corrected chi connectivity index (χ3v) is 4.95. The number of hydrogen-bond donors (Lipinski definition) is 1. The number of hydrogen-bond acceptors (Lipinski definition) is 1. The third-order valence-electron chi connectivity index (χ3n) is 4.23. The average molecular weight is 343 g/mol. The van der Waals surface area contributed by atoms with Crippen LogP contribution in [0.4, 0.5) is 0 Å². The first-order chi connectivity index (χ1) is 8.20. The van der Waals surface area contributed by atoms with Crippen molar-refractivity contribution >= 4 is 22.6 Å². The Labute approximate surface area is 118 Å². The predicted octanol–water partition coefficient (Wildman–Crippen LogP) is 4.51. The normalized spacial score (nSPS) is 26.8. The summed E-state index contributed by atoms with van der Waals surface area (Å²) in [6, 6.07) is 8.95. The maximum absolute atomic E-state index is 6.40. The van der Waals surface area contributed by atoms with E-state index in [1.54, 1.807) is 0 Å². The molecule has 1 aliphatic rings. The van der Waals surface area contributed by atoms with Crippen molar-refractivity contribution < 1.29 is 0 Å². The lowest BCUT2D eigenvalue weighted by Crippen LogP contribution is -2.25. The van der Waals surface area contributed by atoms with Crippen molar-refractivity contribution in [2.45, 2.75) is 45.1 Å². The molecule has 0 heterocycles. The molecule has 0 aliphatic heterocycles. The first-order valence-electron chi connectivity index (χ1n) is 6.71. The fourth-order valence-corrected chi connectivity index (χ4v) is 3.27. The molecule has 0 bridgehead atoms. The Hall–Kier alpha value is -0.0900. The molecule has 1 aliphatic carbocycles. The van der Waals surface area contributed by atoms with Crippen LogP contribution in [-0.4, -0.2) is 0 Å². The van der Waals surface area contributed by atoms with Gasteiger partial charge in [0.05, 0.1) is 0 Å². The Morgan fingerprint density at radius 3 is 2.29 bits per heavy atom. The molecule has 1 fully saturated rings. The Bertz CT molecular complexity index is 338. The predicted molar refractivity (Wildman–Crippen MR) is 81.8 cm³/mol. The molecule has 17 heavy (non-hydrogen) atoms. The van der Waals surface area contributed by atoms with Crippen LogP contribution in [-0.2, 0) is 0 Å². The molecule has 2 rings (SSSR count). The largest absolute Gasteiger partial charge is 0.324 e. The number of benzene rings is 1. The Morgan fingerprint density at radius 2 is 1.76 bits per heavy atom. The molecule has 0 saturated heterocycles. The lowest BCUT2D eigenvalue weighted by molar-refractivity contribution is 0.240. The van der Waals surface area contributed by atoms with E-state index in [4.69, 9.17) is 5.73 Å². The second-order valence-electron chi connectivity index (χ2n) is 5.27. The molecule has 1 unspecified atom stereocenters. The van der Waals surface area contributed by atoms with Crippen molar-refractivity contribution in [3.05, 3.63) is 33.4 Å². The van der Waals surface area contributed by atoms with Gasteiger partial charge in [0.1, 0.15) is 0 Å². The van der Waals surface area contributed by atoms with Crippen LogP contribution in [0.5, 0.6) is 0 Å². The molecule has 1 atom stereocenters. The van der Waals surface area contributed by atoms with E-state index in [-0.39, 0.29) is 6.04 Å². The minimum atomic E-state index is 0.241. The summed E-state index contributed by atoms with van der Waals surface area (Å²) in [6.45, 7) is 2.31. The molecular weight excluding hydrogens is 321 g/mol. The molecular formula is C15H22IN. The maximum atomic E-state index is 6.40. The maximum Gasteiger partial charge on any atom is 0.0323 e. The van der Waals surface area contributed by atoms with E-state index >= 15 is 0 Å². The lowest BCUT2D eigenvalue weighted by atomic mass is 9.76. The van der Waals surface area contributed by atoms with Gasteiger partial charge >= 0.3 is 0 Å². The number of halogens is 1. The van der Waals surface area contributed by atoms with Crippen molar-refractivity contribution in [2.24, 2.45) is 17.6 Å². The number of rotatable bonds is 3. The fraction of sp³-hybridized carbons (Fsp3) is 0.600. The van der Waals surface area contributed by atoms with Crippen molar-refractivity contribution in [3.8, 4) is 0 Å². The highest BCUT2D eigenvalue weighted by Gasteiger charge is 2.25. The molecule has 1 aromatic carbocycles. The molecule has 0 spiro atoms. The van der Waals surface area contributed by atoms with E-state index in [0.29, 0.717) is 5.92 Å². The smallest absolute Gasteiger partial charge is 0.0323 e. The zero-order valence-corrected chi connectivity index (χ0v) is 12.7. The van der Waals surface area contributed by atoms with Gasteiger partial charge in [0.15, 0.2) is 0 Å². The lowest BCUT2D eigenvalue weighted by Gasteiger charge is -2.32. The Balaban J connectivity index is 1.96. The first-order valence-corrected chi connectivity index (χ1v) is 7.79. The van der Waals surface area contributed by atoms with Crippen LogP contribution in [0.25, 0.3) is 0 Å². The van der Waals surface area contributed by atoms with E-state index in [2.05, 4.69) is 53.8 Å². The van der Waals surface area contributed by atoms with Crippen molar-refractivity contribution in [1.82, 2.24) is 0 Å². The van der Waals surface area contributed by atoms with E-state index in [1.165, 1.54) is 41.2 Å². The molecule has 2 N–H and O–H groups in total. The Morgan fingerprint density at radius 1 is 1.18 bits per heavy atom. The van der Waals surface area contributed by atoms with Gasteiger partial charge in [-0.05, 0) is 65.0 Å². The second-order valence-corrected chi connectivity index (χ2v) is 6.51. The highest BCUT2D eigenvalue weighted by molar-refractivity contribution is 14.1. The Kier molecular flexibility index (Phi) is 4.86. The summed E-state index contributed by atoms with van der Waals surface area (Å²) in [6.07, 6.45) is 6.71. The molecule has 1 saturated carbocycles.